The van der Waals surface area contributed by atoms with Crippen LogP contribution in [0.25, 0.3) is 0 Å². The molecular weight excluding hydrogens is 302 g/mol. The first kappa shape index (κ1) is 14.5. The lowest BCUT2D eigenvalue weighted by Gasteiger charge is -2.18. The second-order valence-corrected chi connectivity index (χ2v) is 5.95. The Bertz CT molecular complexity index is 714. The highest BCUT2D eigenvalue weighted by molar-refractivity contribution is 7.09. The number of anilines is 1. The number of fused-ring (bicyclic) bond motifs is 1. The average molecular weight is 317 g/mol. The Morgan fingerprint density at radius 1 is 1.36 bits per heavy atom. The summed E-state index contributed by atoms with van der Waals surface area (Å²) in [7, 11) is 0. The van der Waals surface area contributed by atoms with Gasteiger partial charge in [0.25, 0.3) is 0 Å². The minimum atomic E-state index is -1.05. The number of hydrogen-bond acceptors (Lipinski definition) is 5. The lowest BCUT2D eigenvalue weighted by Crippen LogP contribution is -2.36. The standard InChI is InChI=1S/C15H15N3O3S/c19-13(16-7-14-17-11(9-22-14)15(20)21)8-18-6-5-10-3-1-2-4-12(10)18/h1-4,9H,5-8H2,(H,16,19)(H,20,21). The van der Waals surface area contributed by atoms with Gasteiger partial charge >= 0.3 is 5.97 Å². The van der Waals surface area contributed by atoms with Crippen molar-refractivity contribution in [3.63, 3.8) is 0 Å². The van der Waals surface area contributed by atoms with Crippen molar-refractivity contribution in [3.8, 4) is 0 Å². The van der Waals surface area contributed by atoms with Gasteiger partial charge in [-0.15, -0.1) is 11.3 Å². The number of thiazole rings is 1. The van der Waals surface area contributed by atoms with Crippen molar-refractivity contribution >= 4 is 28.9 Å². The van der Waals surface area contributed by atoms with Crippen LogP contribution in [0.1, 0.15) is 21.1 Å². The van der Waals surface area contributed by atoms with Gasteiger partial charge in [-0.3, -0.25) is 4.79 Å². The van der Waals surface area contributed by atoms with Crippen LogP contribution in [-0.4, -0.2) is 35.1 Å². The highest BCUT2D eigenvalue weighted by atomic mass is 32.1. The van der Waals surface area contributed by atoms with Gasteiger partial charge in [-0.1, -0.05) is 18.2 Å². The number of amides is 1. The fourth-order valence-corrected chi connectivity index (χ4v) is 3.17. The number of benzene rings is 1. The predicted molar refractivity (Wildman–Crippen MR) is 83.3 cm³/mol. The van der Waals surface area contributed by atoms with Crippen LogP contribution in [0.15, 0.2) is 29.6 Å². The molecule has 0 unspecified atom stereocenters. The fraction of sp³-hybridized carbons (Fsp3) is 0.267. The number of nitrogens with zero attached hydrogens (tertiary/aromatic N) is 2. The lowest BCUT2D eigenvalue weighted by atomic mass is 10.2. The van der Waals surface area contributed by atoms with Crippen LogP contribution in [-0.2, 0) is 17.8 Å². The summed E-state index contributed by atoms with van der Waals surface area (Å²) < 4.78 is 0. The third-order valence-corrected chi connectivity index (χ3v) is 4.37. The molecule has 6 nitrogen and oxygen atoms in total. The quantitative estimate of drug-likeness (QED) is 0.874. The Balaban J connectivity index is 1.54. The van der Waals surface area contributed by atoms with Crippen molar-refractivity contribution in [2.24, 2.45) is 0 Å². The van der Waals surface area contributed by atoms with Gasteiger partial charge in [-0.05, 0) is 18.1 Å². The predicted octanol–water partition coefficient (Wildman–Crippen LogP) is 1.52. The van der Waals surface area contributed by atoms with Crippen LogP contribution in [0.2, 0.25) is 0 Å². The summed E-state index contributed by atoms with van der Waals surface area (Å²) in [5, 5.41) is 13.7. The van der Waals surface area contributed by atoms with Crippen LogP contribution in [0.4, 0.5) is 5.69 Å². The Kier molecular flexibility index (Phi) is 4.06. The molecule has 1 aliphatic heterocycles. The van der Waals surface area contributed by atoms with E-state index in [2.05, 4.69) is 21.3 Å². The van der Waals surface area contributed by atoms with Gasteiger partial charge in [-0.25, -0.2) is 9.78 Å². The van der Waals surface area contributed by atoms with Gasteiger partial charge in [0.2, 0.25) is 5.91 Å². The molecule has 0 saturated carbocycles. The molecular formula is C15H15N3O3S. The first-order valence-electron chi connectivity index (χ1n) is 6.91. The molecule has 1 aromatic carbocycles. The van der Waals surface area contributed by atoms with E-state index in [1.54, 1.807) is 0 Å². The summed E-state index contributed by atoms with van der Waals surface area (Å²) in [5.41, 5.74) is 2.39. The minimum Gasteiger partial charge on any atom is -0.476 e. The summed E-state index contributed by atoms with van der Waals surface area (Å²) in [4.78, 5) is 28.8. The zero-order chi connectivity index (χ0) is 15.5. The normalized spacial score (nSPS) is 13.0. The van der Waals surface area contributed by atoms with E-state index in [0.29, 0.717) is 11.6 Å². The maximum atomic E-state index is 12.0. The van der Waals surface area contributed by atoms with Gasteiger partial charge < -0.3 is 15.3 Å². The van der Waals surface area contributed by atoms with Crippen LogP contribution in [0, 0.1) is 0 Å². The van der Waals surface area contributed by atoms with Crippen molar-refractivity contribution in [3.05, 3.63) is 45.9 Å². The van der Waals surface area contributed by atoms with Gasteiger partial charge in [-0.2, -0.15) is 0 Å². The molecule has 22 heavy (non-hydrogen) atoms. The SMILES string of the molecule is O=C(CN1CCc2ccccc21)NCc1nc(C(=O)O)cs1. The number of nitrogens with one attached hydrogen (secondary N) is 1. The van der Waals surface area contributed by atoms with Crippen LogP contribution in [0.5, 0.6) is 0 Å². The summed E-state index contributed by atoms with van der Waals surface area (Å²) >= 11 is 1.23. The first-order chi connectivity index (χ1) is 10.6. The molecule has 0 aliphatic carbocycles. The molecule has 0 fully saturated rings. The minimum absolute atomic E-state index is 0.0164. The smallest absolute Gasteiger partial charge is 0.355 e. The largest absolute Gasteiger partial charge is 0.476 e. The number of aromatic carboxylic acids is 1. The van der Waals surface area contributed by atoms with E-state index < -0.39 is 5.97 Å². The number of rotatable bonds is 5. The lowest BCUT2D eigenvalue weighted by molar-refractivity contribution is -0.119. The van der Waals surface area contributed by atoms with Gasteiger partial charge in [0.1, 0.15) is 5.01 Å². The molecule has 1 aliphatic rings. The van der Waals surface area contributed by atoms with Crippen molar-refractivity contribution in [1.82, 2.24) is 10.3 Å². The Morgan fingerprint density at radius 3 is 2.95 bits per heavy atom. The van der Waals surface area contributed by atoms with E-state index in [-0.39, 0.29) is 18.1 Å². The molecule has 0 radical (unpaired) electrons. The molecule has 114 valence electrons. The molecule has 3 rings (SSSR count). The molecule has 1 aromatic heterocycles. The summed E-state index contributed by atoms with van der Waals surface area (Å²) in [6.07, 6.45) is 0.956. The molecule has 2 aromatic rings. The molecule has 1 amide bonds. The zero-order valence-electron chi connectivity index (χ0n) is 11.8. The van der Waals surface area contributed by atoms with E-state index in [0.717, 1.165) is 18.7 Å². The molecule has 2 heterocycles. The van der Waals surface area contributed by atoms with Crippen LogP contribution < -0.4 is 10.2 Å². The maximum Gasteiger partial charge on any atom is 0.355 e. The third-order valence-electron chi connectivity index (χ3n) is 3.53. The Morgan fingerprint density at radius 2 is 2.18 bits per heavy atom. The van der Waals surface area contributed by atoms with Crippen LogP contribution >= 0.6 is 11.3 Å². The van der Waals surface area contributed by atoms with E-state index >= 15 is 0 Å². The van der Waals surface area contributed by atoms with Crippen molar-refractivity contribution in [1.29, 1.82) is 0 Å². The third kappa shape index (κ3) is 3.09. The molecule has 0 saturated heterocycles. The van der Waals surface area contributed by atoms with E-state index in [1.807, 2.05) is 18.2 Å². The van der Waals surface area contributed by atoms with E-state index in [9.17, 15) is 9.59 Å². The number of carboxylic acids is 1. The monoisotopic (exact) mass is 317 g/mol. The topological polar surface area (TPSA) is 82.5 Å². The van der Waals surface area contributed by atoms with Gasteiger partial charge in [0.15, 0.2) is 5.69 Å². The maximum absolute atomic E-state index is 12.0. The molecule has 0 spiro atoms. The number of aromatic nitrogens is 1. The average Bonchev–Trinajstić information content (AvgIpc) is 3.13. The Hall–Kier alpha value is -2.41. The molecule has 2 N–H and O–H groups in total. The van der Waals surface area contributed by atoms with E-state index in [4.69, 9.17) is 5.11 Å². The second kappa shape index (κ2) is 6.15. The number of carbonyl (C=O) groups is 2. The highest BCUT2D eigenvalue weighted by Gasteiger charge is 2.20. The summed E-state index contributed by atoms with van der Waals surface area (Å²) in [6, 6.07) is 8.08. The highest BCUT2D eigenvalue weighted by Crippen LogP contribution is 2.26. The summed E-state index contributed by atoms with van der Waals surface area (Å²) in [5.74, 6) is -1.15. The number of carbonyl (C=O) groups excluding carboxylic acids is 1. The number of carboxylic acid groups (broad SMARTS) is 1. The molecule has 7 heteroatoms. The zero-order valence-corrected chi connectivity index (χ0v) is 12.6. The number of hydrogen-bond donors (Lipinski definition) is 2. The molecule has 0 atom stereocenters. The number of para-hydroxylation sites is 1. The van der Waals surface area contributed by atoms with Crippen molar-refractivity contribution in [2.75, 3.05) is 18.0 Å². The molecule has 0 bridgehead atoms. The van der Waals surface area contributed by atoms with Crippen molar-refractivity contribution in [2.45, 2.75) is 13.0 Å². The van der Waals surface area contributed by atoms with E-state index in [1.165, 1.54) is 22.3 Å². The van der Waals surface area contributed by atoms with Crippen LogP contribution in [0.3, 0.4) is 0 Å². The van der Waals surface area contributed by atoms with Gasteiger partial charge in [0, 0.05) is 17.6 Å². The fourth-order valence-electron chi connectivity index (χ4n) is 2.46. The van der Waals surface area contributed by atoms with Crippen molar-refractivity contribution < 1.29 is 14.7 Å². The van der Waals surface area contributed by atoms with Gasteiger partial charge in [0.05, 0.1) is 13.1 Å². The first-order valence-corrected chi connectivity index (χ1v) is 7.78. The Labute approximate surface area is 131 Å². The second-order valence-electron chi connectivity index (χ2n) is 5.01. The summed E-state index contributed by atoms with van der Waals surface area (Å²) in [6.45, 7) is 1.40.